The number of halogens is 3. The Kier molecular flexibility index (Phi) is 4.68. The Morgan fingerprint density at radius 3 is 2.50 bits per heavy atom. The summed E-state index contributed by atoms with van der Waals surface area (Å²) >= 11 is 0. The van der Waals surface area contributed by atoms with E-state index in [9.17, 15) is 22.8 Å². The summed E-state index contributed by atoms with van der Waals surface area (Å²) < 4.78 is 38.2. The smallest absolute Gasteiger partial charge is 0.378 e. The van der Waals surface area contributed by atoms with Crippen molar-refractivity contribution in [1.82, 2.24) is 4.98 Å². The van der Waals surface area contributed by atoms with Gasteiger partial charge in [0, 0.05) is 42.9 Å². The van der Waals surface area contributed by atoms with E-state index in [4.69, 9.17) is 0 Å². The van der Waals surface area contributed by atoms with Crippen LogP contribution in [-0.4, -0.2) is 31.3 Å². The van der Waals surface area contributed by atoms with Crippen LogP contribution in [0.25, 0.3) is 10.9 Å². The summed E-state index contributed by atoms with van der Waals surface area (Å²) in [5.74, 6) is 0. The number of aromatic nitrogens is 1. The van der Waals surface area contributed by atoms with E-state index in [1.54, 1.807) is 6.20 Å². The van der Waals surface area contributed by atoms with Gasteiger partial charge in [0.1, 0.15) is 11.4 Å². The number of nitrogens with one attached hydrogen (secondary N) is 3. The highest BCUT2D eigenvalue weighted by Gasteiger charge is 2.33. The summed E-state index contributed by atoms with van der Waals surface area (Å²) in [6, 6.07) is 5.29. The number of nitrogens with zero attached hydrogens (tertiary/aromatic N) is 1. The van der Waals surface area contributed by atoms with Crippen molar-refractivity contribution < 1.29 is 13.2 Å². The number of alkyl halides is 3. The second-order valence-corrected chi connectivity index (χ2v) is 7.36. The molecular formula is C21H19F3N4O2. The molecule has 2 aromatic carbocycles. The highest BCUT2D eigenvalue weighted by atomic mass is 19.4. The van der Waals surface area contributed by atoms with Crippen molar-refractivity contribution in [3.05, 3.63) is 68.6 Å². The number of aromatic amines is 1. The minimum Gasteiger partial charge on any atom is -0.378 e. The molecule has 6 nitrogen and oxygen atoms in total. The first-order chi connectivity index (χ1) is 14.1. The molecule has 1 aliphatic rings. The fourth-order valence-electron chi connectivity index (χ4n) is 3.40. The van der Waals surface area contributed by atoms with Crippen LogP contribution in [-0.2, 0) is 0 Å². The third-order valence-electron chi connectivity index (χ3n) is 5.11. The largest absolute Gasteiger partial charge is 0.416 e. The maximum absolute atomic E-state index is 12.7. The molecule has 0 radical (unpaired) electrons. The summed E-state index contributed by atoms with van der Waals surface area (Å²) in [5.41, 5.74) is 0.560. The fraction of sp³-hybridized carbons (Fsp3) is 0.238. The minimum atomic E-state index is -4.41. The lowest BCUT2D eigenvalue weighted by atomic mass is 10.0. The summed E-state index contributed by atoms with van der Waals surface area (Å²) in [6.45, 7) is 0. The molecule has 9 heteroatoms. The van der Waals surface area contributed by atoms with Crippen LogP contribution in [0.4, 0.5) is 35.9 Å². The quantitative estimate of drug-likeness (QED) is 0.552. The van der Waals surface area contributed by atoms with Gasteiger partial charge in [0.05, 0.1) is 11.3 Å². The predicted molar refractivity (Wildman–Crippen MR) is 113 cm³/mol. The molecule has 0 bridgehead atoms. The summed E-state index contributed by atoms with van der Waals surface area (Å²) in [4.78, 5) is 29.2. The van der Waals surface area contributed by atoms with Crippen LogP contribution in [0.3, 0.4) is 0 Å². The predicted octanol–water partition coefficient (Wildman–Crippen LogP) is 3.80. The molecule has 4 rings (SSSR count). The molecule has 1 aliphatic carbocycles. The van der Waals surface area contributed by atoms with Crippen molar-refractivity contribution in [3.63, 3.8) is 0 Å². The van der Waals surface area contributed by atoms with Gasteiger partial charge in [0.25, 0.3) is 10.9 Å². The molecule has 0 spiro atoms. The molecule has 3 aromatic rings. The van der Waals surface area contributed by atoms with Crippen molar-refractivity contribution in [2.75, 3.05) is 29.6 Å². The first kappa shape index (κ1) is 19.8. The number of hydrogen-bond acceptors (Lipinski definition) is 5. The van der Waals surface area contributed by atoms with Crippen LogP contribution in [0.2, 0.25) is 0 Å². The number of rotatable bonds is 5. The Balaban J connectivity index is 1.56. The van der Waals surface area contributed by atoms with E-state index in [2.05, 4.69) is 15.6 Å². The van der Waals surface area contributed by atoms with Gasteiger partial charge in [-0.3, -0.25) is 9.59 Å². The zero-order chi connectivity index (χ0) is 21.6. The number of allylic oxidation sites excluding steroid dienone is 2. The normalized spacial score (nSPS) is 16.7. The fourth-order valence-corrected chi connectivity index (χ4v) is 3.40. The average molecular weight is 416 g/mol. The summed E-state index contributed by atoms with van der Waals surface area (Å²) in [5, 5.41) is 6.72. The maximum Gasteiger partial charge on any atom is 0.416 e. The van der Waals surface area contributed by atoms with E-state index in [0.29, 0.717) is 5.69 Å². The van der Waals surface area contributed by atoms with Crippen LogP contribution in [0.5, 0.6) is 0 Å². The molecule has 0 saturated heterocycles. The van der Waals surface area contributed by atoms with Gasteiger partial charge < -0.3 is 20.5 Å². The van der Waals surface area contributed by atoms with Crippen LogP contribution < -0.4 is 26.4 Å². The molecule has 30 heavy (non-hydrogen) atoms. The molecule has 3 N–H and O–H groups in total. The van der Waals surface area contributed by atoms with Crippen molar-refractivity contribution in [3.8, 4) is 0 Å². The summed E-state index contributed by atoms with van der Waals surface area (Å²) in [6.07, 6.45) is 0.739. The van der Waals surface area contributed by atoms with E-state index in [-0.39, 0.29) is 17.8 Å². The third kappa shape index (κ3) is 3.47. The molecule has 0 saturated carbocycles. The van der Waals surface area contributed by atoms with E-state index in [0.717, 1.165) is 28.7 Å². The lowest BCUT2D eigenvalue weighted by molar-refractivity contribution is -0.0886. The second-order valence-electron chi connectivity index (χ2n) is 7.36. The number of anilines is 4. The van der Waals surface area contributed by atoms with E-state index in [1.807, 2.05) is 37.2 Å². The van der Waals surface area contributed by atoms with E-state index < -0.39 is 28.6 Å². The van der Waals surface area contributed by atoms with Crippen molar-refractivity contribution in [2.24, 2.45) is 0 Å². The monoisotopic (exact) mass is 416 g/mol. The molecular weight excluding hydrogens is 397 g/mol. The van der Waals surface area contributed by atoms with Crippen molar-refractivity contribution in [2.45, 2.75) is 18.6 Å². The zero-order valence-electron chi connectivity index (χ0n) is 16.2. The molecule has 156 valence electrons. The number of H-pyrrole nitrogens is 1. The van der Waals surface area contributed by atoms with Gasteiger partial charge in [0.15, 0.2) is 0 Å². The Hall–Kier alpha value is -3.49. The first-order valence-electron chi connectivity index (χ1n) is 9.26. The lowest BCUT2D eigenvalue weighted by Gasteiger charge is -2.22. The van der Waals surface area contributed by atoms with Gasteiger partial charge in [-0.05, 0) is 24.6 Å². The zero-order valence-corrected chi connectivity index (χ0v) is 16.2. The molecule has 1 heterocycles. The van der Waals surface area contributed by atoms with Crippen LogP contribution in [0.1, 0.15) is 6.42 Å². The second kappa shape index (κ2) is 7.08. The highest BCUT2D eigenvalue weighted by molar-refractivity contribution is 5.97. The minimum absolute atomic E-state index is 0.0584. The number of fused-ring (bicyclic) bond motifs is 1. The average Bonchev–Trinajstić information content (AvgIpc) is 3.12. The molecule has 0 amide bonds. The number of hydrogen-bond donors (Lipinski definition) is 3. The van der Waals surface area contributed by atoms with Crippen LogP contribution in [0.15, 0.2) is 57.8 Å². The topological polar surface area (TPSA) is 77.2 Å². The third-order valence-corrected chi connectivity index (χ3v) is 5.11. The summed E-state index contributed by atoms with van der Waals surface area (Å²) in [7, 11) is 3.83. The van der Waals surface area contributed by atoms with E-state index in [1.165, 1.54) is 6.08 Å². The molecule has 0 aliphatic heterocycles. The van der Waals surface area contributed by atoms with Gasteiger partial charge in [-0.15, -0.1) is 0 Å². The Morgan fingerprint density at radius 2 is 1.87 bits per heavy atom. The van der Waals surface area contributed by atoms with Crippen molar-refractivity contribution in [1.29, 1.82) is 0 Å². The van der Waals surface area contributed by atoms with Crippen LogP contribution in [0, 0.1) is 0 Å². The highest BCUT2D eigenvalue weighted by Crippen LogP contribution is 2.32. The van der Waals surface area contributed by atoms with Crippen molar-refractivity contribution >= 4 is 33.7 Å². The van der Waals surface area contributed by atoms with Gasteiger partial charge in [-0.2, -0.15) is 13.2 Å². The van der Waals surface area contributed by atoms with Gasteiger partial charge in [0.2, 0.25) is 0 Å². The van der Waals surface area contributed by atoms with Gasteiger partial charge >= 0.3 is 6.18 Å². The lowest BCUT2D eigenvalue weighted by Crippen LogP contribution is -2.39. The Morgan fingerprint density at radius 1 is 1.13 bits per heavy atom. The van der Waals surface area contributed by atoms with Crippen LogP contribution >= 0.6 is 0 Å². The molecule has 1 atom stereocenters. The molecule has 0 fully saturated rings. The molecule has 1 unspecified atom stereocenters. The SMILES string of the molecule is CN(C)c1ccc2[nH]cc(Nc3c(NC4C=CC(C(F)(F)F)=CC4)c(=O)c3=O)c2c1. The van der Waals surface area contributed by atoms with E-state index >= 15 is 0 Å². The Labute approximate surface area is 169 Å². The Bertz CT molecular complexity index is 1240. The number of benzene rings is 1. The standard InChI is InChI=1S/C21H19F3N4O2/c1-28(2)13-7-8-15-14(9-13)16(10-25-15)27-18-17(19(29)20(18)30)26-12-5-3-11(4-6-12)21(22,23)24/h3-5,7-10,12,25-27H,6H2,1-2H3. The first-order valence-corrected chi connectivity index (χ1v) is 9.26. The van der Waals surface area contributed by atoms with Gasteiger partial charge in [-0.1, -0.05) is 18.2 Å². The maximum atomic E-state index is 12.7. The van der Waals surface area contributed by atoms with Gasteiger partial charge in [-0.25, -0.2) is 0 Å². The molecule has 1 aromatic heterocycles.